The van der Waals surface area contributed by atoms with E-state index in [-0.39, 0.29) is 25.3 Å². The van der Waals surface area contributed by atoms with Crippen LogP contribution in [-0.2, 0) is 19.1 Å². The lowest BCUT2D eigenvalue weighted by atomic mass is 10.1. The molecule has 1 fully saturated rings. The summed E-state index contributed by atoms with van der Waals surface area (Å²) in [5.41, 5.74) is 0. The molecule has 0 bridgehead atoms. The zero-order valence-electron chi connectivity index (χ0n) is 12.4. The number of urea groups is 1. The highest BCUT2D eigenvalue weighted by atomic mass is 16.5. The van der Waals surface area contributed by atoms with E-state index in [0.29, 0.717) is 32.5 Å². The predicted molar refractivity (Wildman–Crippen MR) is 72.8 cm³/mol. The van der Waals surface area contributed by atoms with Crippen LogP contribution in [0.5, 0.6) is 0 Å². The molecule has 0 radical (unpaired) electrons. The number of aliphatic carboxylic acids is 1. The standard InChI is InChI=1S/C13H22N2O6/c1-3-14(8-12(18)20-2)13(19)15-6-4-10(5-7-15)21-9-11(16)17/h10H,3-9H2,1-2H3,(H,16,17). The van der Waals surface area contributed by atoms with Crippen LogP contribution in [0.2, 0.25) is 0 Å². The van der Waals surface area contributed by atoms with Gasteiger partial charge in [0.05, 0.1) is 13.2 Å². The van der Waals surface area contributed by atoms with Crippen LogP contribution in [0.15, 0.2) is 0 Å². The number of carbonyl (C=O) groups is 3. The highest BCUT2D eigenvalue weighted by Crippen LogP contribution is 2.15. The van der Waals surface area contributed by atoms with Gasteiger partial charge < -0.3 is 24.4 Å². The Morgan fingerprint density at radius 2 is 1.90 bits per heavy atom. The average molecular weight is 302 g/mol. The number of carbonyl (C=O) groups excluding carboxylic acids is 2. The fraction of sp³-hybridized carbons (Fsp3) is 0.769. The Morgan fingerprint density at radius 3 is 2.38 bits per heavy atom. The van der Waals surface area contributed by atoms with Crippen molar-refractivity contribution < 1.29 is 29.0 Å². The van der Waals surface area contributed by atoms with Crippen molar-refractivity contribution in [1.82, 2.24) is 9.80 Å². The first-order valence-electron chi connectivity index (χ1n) is 6.92. The molecule has 1 heterocycles. The van der Waals surface area contributed by atoms with Crippen LogP contribution in [0.25, 0.3) is 0 Å². The molecule has 8 heteroatoms. The Bertz CT molecular complexity index is 379. The molecule has 0 atom stereocenters. The van der Waals surface area contributed by atoms with E-state index in [0.717, 1.165) is 0 Å². The summed E-state index contributed by atoms with van der Waals surface area (Å²) in [5, 5.41) is 8.56. The Balaban J connectivity index is 2.42. The van der Waals surface area contributed by atoms with E-state index >= 15 is 0 Å². The van der Waals surface area contributed by atoms with Gasteiger partial charge >= 0.3 is 18.0 Å². The lowest BCUT2D eigenvalue weighted by molar-refractivity contribution is -0.145. The molecule has 1 aliphatic heterocycles. The highest BCUT2D eigenvalue weighted by molar-refractivity contribution is 5.81. The van der Waals surface area contributed by atoms with Gasteiger partial charge in [0.15, 0.2) is 0 Å². The quantitative estimate of drug-likeness (QED) is 0.702. The van der Waals surface area contributed by atoms with E-state index in [1.807, 2.05) is 0 Å². The minimum atomic E-state index is -0.997. The number of esters is 1. The maximum Gasteiger partial charge on any atom is 0.329 e. The molecule has 0 saturated carbocycles. The summed E-state index contributed by atoms with van der Waals surface area (Å²) < 4.78 is 9.78. The Kier molecular flexibility index (Phi) is 6.93. The molecule has 0 spiro atoms. The molecule has 0 aromatic heterocycles. The van der Waals surface area contributed by atoms with E-state index < -0.39 is 11.9 Å². The lowest BCUT2D eigenvalue weighted by Crippen LogP contribution is -2.49. The molecule has 1 aliphatic rings. The summed E-state index contributed by atoms with van der Waals surface area (Å²) in [5.74, 6) is -1.45. The van der Waals surface area contributed by atoms with E-state index in [1.165, 1.54) is 12.0 Å². The molecule has 0 aromatic carbocycles. The average Bonchev–Trinajstić information content (AvgIpc) is 2.50. The minimum Gasteiger partial charge on any atom is -0.480 e. The van der Waals surface area contributed by atoms with Crippen molar-refractivity contribution in [3.63, 3.8) is 0 Å². The molecular formula is C13H22N2O6. The van der Waals surface area contributed by atoms with Gasteiger partial charge in [0.2, 0.25) is 0 Å². The monoisotopic (exact) mass is 302 g/mol. The normalized spacial score (nSPS) is 15.6. The SMILES string of the molecule is CCN(CC(=O)OC)C(=O)N1CCC(OCC(=O)O)CC1. The number of piperidine rings is 1. The number of carboxylic acid groups (broad SMARTS) is 1. The van der Waals surface area contributed by atoms with Crippen LogP contribution in [0, 0.1) is 0 Å². The third kappa shape index (κ3) is 5.58. The first kappa shape index (κ1) is 17.2. The largest absolute Gasteiger partial charge is 0.480 e. The third-order valence-corrected chi connectivity index (χ3v) is 3.35. The highest BCUT2D eigenvalue weighted by Gasteiger charge is 2.27. The molecule has 0 aromatic rings. The van der Waals surface area contributed by atoms with Gasteiger partial charge in [-0.1, -0.05) is 0 Å². The number of likely N-dealkylation sites (N-methyl/N-ethyl adjacent to an activating group) is 1. The predicted octanol–water partition coefficient (Wildman–Crippen LogP) is 0.167. The van der Waals surface area contributed by atoms with Crippen molar-refractivity contribution in [3.05, 3.63) is 0 Å². The number of ether oxygens (including phenoxy) is 2. The molecule has 2 amide bonds. The fourth-order valence-corrected chi connectivity index (χ4v) is 2.14. The molecule has 8 nitrogen and oxygen atoms in total. The van der Waals surface area contributed by atoms with Crippen molar-refractivity contribution in [2.24, 2.45) is 0 Å². The maximum absolute atomic E-state index is 12.3. The molecule has 0 unspecified atom stereocenters. The van der Waals surface area contributed by atoms with Gasteiger partial charge in [-0.2, -0.15) is 0 Å². The van der Waals surface area contributed by atoms with E-state index in [2.05, 4.69) is 4.74 Å². The number of hydrogen-bond acceptors (Lipinski definition) is 5. The van der Waals surface area contributed by atoms with Crippen LogP contribution in [0.4, 0.5) is 4.79 Å². The fourth-order valence-electron chi connectivity index (χ4n) is 2.14. The molecule has 1 rings (SSSR count). The minimum absolute atomic E-state index is 0.0682. The Labute approximate surface area is 123 Å². The first-order valence-corrected chi connectivity index (χ1v) is 6.92. The number of likely N-dealkylation sites (tertiary alicyclic amines) is 1. The van der Waals surface area contributed by atoms with Gasteiger partial charge in [-0.05, 0) is 19.8 Å². The third-order valence-electron chi connectivity index (χ3n) is 3.35. The van der Waals surface area contributed by atoms with E-state index in [4.69, 9.17) is 9.84 Å². The zero-order chi connectivity index (χ0) is 15.8. The van der Waals surface area contributed by atoms with E-state index in [1.54, 1.807) is 11.8 Å². The van der Waals surface area contributed by atoms with Crippen LogP contribution in [0.3, 0.4) is 0 Å². The molecular weight excluding hydrogens is 280 g/mol. The molecule has 120 valence electrons. The summed E-state index contributed by atoms with van der Waals surface area (Å²) >= 11 is 0. The summed E-state index contributed by atoms with van der Waals surface area (Å²) in [6, 6.07) is -0.209. The van der Waals surface area contributed by atoms with Crippen molar-refractivity contribution in [2.75, 3.05) is 39.9 Å². The van der Waals surface area contributed by atoms with Crippen molar-refractivity contribution in [1.29, 1.82) is 0 Å². The first-order chi connectivity index (χ1) is 9.97. The molecule has 0 aliphatic carbocycles. The number of hydrogen-bond donors (Lipinski definition) is 1. The number of methoxy groups -OCH3 is 1. The Morgan fingerprint density at radius 1 is 1.29 bits per heavy atom. The van der Waals surface area contributed by atoms with Crippen molar-refractivity contribution in [2.45, 2.75) is 25.9 Å². The number of nitrogens with zero attached hydrogens (tertiary/aromatic N) is 2. The second kappa shape index (κ2) is 8.46. The molecule has 1 N–H and O–H groups in total. The zero-order valence-corrected chi connectivity index (χ0v) is 12.4. The Hall–Kier alpha value is -1.83. The van der Waals surface area contributed by atoms with Gasteiger partial charge in [-0.3, -0.25) is 4.79 Å². The lowest BCUT2D eigenvalue weighted by Gasteiger charge is -2.34. The summed E-state index contributed by atoms with van der Waals surface area (Å²) in [6.07, 6.45) is 1.05. The summed E-state index contributed by atoms with van der Waals surface area (Å²) in [4.78, 5) is 37.0. The second-order valence-corrected chi connectivity index (χ2v) is 4.76. The van der Waals surface area contributed by atoms with Crippen LogP contribution in [-0.4, -0.2) is 78.9 Å². The van der Waals surface area contributed by atoms with Gasteiger partial charge in [-0.25, -0.2) is 9.59 Å². The van der Waals surface area contributed by atoms with Gasteiger partial charge in [0.1, 0.15) is 13.2 Å². The maximum atomic E-state index is 12.3. The number of amides is 2. The van der Waals surface area contributed by atoms with Crippen molar-refractivity contribution in [3.8, 4) is 0 Å². The molecule has 21 heavy (non-hydrogen) atoms. The van der Waals surface area contributed by atoms with Gasteiger partial charge in [-0.15, -0.1) is 0 Å². The van der Waals surface area contributed by atoms with Crippen LogP contribution >= 0.6 is 0 Å². The topological polar surface area (TPSA) is 96.4 Å². The molecule has 1 saturated heterocycles. The van der Waals surface area contributed by atoms with Gasteiger partial charge in [0.25, 0.3) is 0 Å². The van der Waals surface area contributed by atoms with Crippen molar-refractivity contribution >= 4 is 18.0 Å². The summed E-state index contributed by atoms with van der Waals surface area (Å²) in [6.45, 7) is 2.80. The smallest absolute Gasteiger partial charge is 0.329 e. The van der Waals surface area contributed by atoms with Gasteiger partial charge in [0, 0.05) is 19.6 Å². The second-order valence-electron chi connectivity index (χ2n) is 4.76. The number of rotatable bonds is 6. The van der Waals surface area contributed by atoms with E-state index in [9.17, 15) is 14.4 Å². The van der Waals surface area contributed by atoms with Crippen LogP contribution in [0.1, 0.15) is 19.8 Å². The number of carboxylic acids is 1. The van der Waals surface area contributed by atoms with Crippen LogP contribution < -0.4 is 0 Å². The summed E-state index contributed by atoms with van der Waals surface area (Å²) in [7, 11) is 1.28.